The number of H-pyrrole nitrogens is 1. The van der Waals surface area contributed by atoms with Gasteiger partial charge in [-0.3, -0.25) is 14.5 Å². The molecule has 30 heavy (non-hydrogen) atoms. The highest BCUT2D eigenvalue weighted by atomic mass is 32.7. The zero-order chi connectivity index (χ0) is 21.1. The zero-order valence-corrected chi connectivity index (χ0v) is 19.5. The van der Waals surface area contributed by atoms with Crippen molar-refractivity contribution in [1.82, 2.24) is 15.2 Å². The lowest BCUT2D eigenvalue weighted by molar-refractivity contribution is -0.121. The van der Waals surface area contributed by atoms with Gasteiger partial charge in [0.2, 0.25) is 5.91 Å². The molecule has 1 unspecified atom stereocenters. The number of carbonyl (C=O) groups excluding carboxylic acids is 2. The summed E-state index contributed by atoms with van der Waals surface area (Å²) in [6, 6.07) is 7.20. The fraction of sp³-hybridized carbons (Fsp3) is 0.565. The molecule has 0 bridgehead atoms. The summed E-state index contributed by atoms with van der Waals surface area (Å²) in [7, 11) is 0.0328. The molecule has 2 aromatic rings. The number of nitrogens with zero attached hydrogens (tertiary/aromatic N) is 1. The van der Waals surface area contributed by atoms with Crippen LogP contribution < -0.4 is 5.32 Å². The maximum Gasteiger partial charge on any atom is 0.220 e. The van der Waals surface area contributed by atoms with Gasteiger partial charge in [-0.25, -0.2) is 0 Å². The Morgan fingerprint density at radius 2 is 2.20 bits per heavy atom. The van der Waals surface area contributed by atoms with Crippen molar-refractivity contribution < 1.29 is 9.59 Å². The standard InChI is InChI=1S/C23H32N3O2PS/c1-2-9-26-14-15(12-25-21(27)7-4-8-22(28)29-30)10-18-17-5-3-6-19-23(17)16(13-24-19)11-20(18)26/h3,5-6,13,15,18,20,24,29-30H,2,4,7-12,14H2,1H3,(H,25,27)/t15-,18+,20+/m0/s1. The van der Waals surface area contributed by atoms with Crippen molar-refractivity contribution in [3.05, 3.63) is 35.5 Å². The normalized spacial score (nSPS) is 23.7. The van der Waals surface area contributed by atoms with Crippen LogP contribution in [0.15, 0.2) is 24.4 Å². The van der Waals surface area contributed by atoms with Gasteiger partial charge in [-0.05, 0) is 55.3 Å². The van der Waals surface area contributed by atoms with Gasteiger partial charge in [0.25, 0.3) is 0 Å². The van der Waals surface area contributed by atoms with E-state index in [0.29, 0.717) is 37.1 Å². The second kappa shape index (κ2) is 9.84. The highest BCUT2D eigenvalue weighted by Gasteiger charge is 2.40. The summed E-state index contributed by atoms with van der Waals surface area (Å²) in [5.41, 5.74) is 4.30. The molecule has 4 atom stereocenters. The number of amides is 1. The fourth-order valence-corrected chi connectivity index (χ4v) is 6.03. The molecule has 5 nitrogen and oxygen atoms in total. The number of thiol groups is 1. The molecule has 1 aromatic carbocycles. The number of benzene rings is 1. The Morgan fingerprint density at radius 3 is 3.00 bits per heavy atom. The van der Waals surface area contributed by atoms with E-state index in [1.807, 2.05) is 0 Å². The predicted octanol–water partition coefficient (Wildman–Crippen LogP) is 4.24. The van der Waals surface area contributed by atoms with Crippen molar-refractivity contribution in [2.75, 3.05) is 19.6 Å². The topological polar surface area (TPSA) is 65.2 Å². The van der Waals surface area contributed by atoms with Crippen LogP contribution >= 0.6 is 20.0 Å². The molecular formula is C23H32N3O2PS. The Morgan fingerprint density at radius 1 is 1.33 bits per heavy atom. The highest BCUT2D eigenvalue weighted by molar-refractivity contribution is 8.43. The number of piperidine rings is 1. The lowest BCUT2D eigenvalue weighted by Gasteiger charge is -2.47. The van der Waals surface area contributed by atoms with Crippen LogP contribution in [0.3, 0.4) is 0 Å². The number of fused-ring (bicyclic) bond motifs is 2. The van der Waals surface area contributed by atoms with Crippen LogP contribution in [0.5, 0.6) is 0 Å². The molecule has 4 rings (SSSR count). The molecule has 1 aliphatic carbocycles. The summed E-state index contributed by atoms with van der Waals surface area (Å²) in [4.78, 5) is 29.8. The van der Waals surface area contributed by atoms with Gasteiger partial charge in [0.05, 0.1) is 0 Å². The Hall–Kier alpha value is -1.36. The van der Waals surface area contributed by atoms with Crippen molar-refractivity contribution in [3.8, 4) is 0 Å². The maximum absolute atomic E-state index is 12.3. The number of aromatic nitrogens is 1. The molecule has 1 amide bonds. The first-order chi connectivity index (χ1) is 14.6. The molecule has 1 saturated heterocycles. The van der Waals surface area contributed by atoms with E-state index in [2.05, 4.69) is 58.8 Å². The number of nitrogens with one attached hydrogen (secondary N) is 2. The highest BCUT2D eigenvalue weighted by Crippen LogP contribution is 2.44. The number of aromatic amines is 1. The zero-order valence-electron chi connectivity index (χ0n) is 17.6. The van der Waals surface area contributed by atoms with Crippen LogP contribution in [0.25, 0.3) is 10.9 Å². The number of likely N-dealkylation sites (tertiary alicyclic amines) is 1. The second-order valence-electron chi connectivity index (χ2n) is 8.75. The monoisotopic (exact) mass is 445 g/mol. The molecule has 1 fully saturated rings. The van der Waals surface area contributed by atoms with E-state index in [1.165, 1.54) is 22.0 Å². The second-order valence-corrected chi connectivity index (χ2v) is 10.2. The molecule has 2 N–H and O–H groups in total. The number of hydrogen-bond donors (Lipinski definition) is 3. The predicted molar refractivity (Wildman–Crippen MR) is 128 cm³/mol. The van der Waals surface area contributed by atoms with Crippen LogP contribution in [-0.4, -0.2) is 47.0 Å². The molecule has 0 radical (unpaired) electrons. The third-order valence-corrected chi connectivity index (χ3v) is 7.94. The van der Waals surface area contributed by atoms with Gasteiger partial charge >= 0.3 is 0 Å². The average molecular weight is 446 g/mol. The maximum atomic E-state index is 12.3. The number of hydrogen-bond acceptors (Lipinski definition) is 4. The largest absolute Gasteiger partial charge is 0.361 e. The first-order valence-corrected chi connectivity index (χ1v) is 13.4. The summed E-state index contributed by atoms with van der Waals surface area (Å²) >= 11 is 4.02. The van der Waals surface area contributed by atoms with Crippen molar-refractivity contribution in [2.24, 2.45) is 5.92 Å². The van der Waals surface area contributed by atoms with E-state index in [9.17, 15) is 9.59 Å². The van der Waals surface area contributed by atoms with Crippen LogP contribution in [0.4, 0.5) is 0 Å². The van der Waals surface area contributed by atoms with Crippen LogP contribution in [0, 0.1) is 5.92 Å². The quantitative estimate of drug-likeness (QED) is 0.400. The van der Waals surface area contributed by atoms with Crippen LogP contribution in [0.2, 0.25) is 0 Å². The van der Waals surface area contributed by atoms with Crippen LogP contribution in [0.1, 0.15) is 56.1 Å². The van der Waals surface area contributed by atoms with Gasteiger partial charge in [0, 0.05) is 62.8 Å². The summed E-state index contributed by atoms with van der Waals surface area (Å²) < 4.78 is 0. The van der Waals surface area contributed by atoms with E-state index in [0.717, 1.165) is 38.9 Å². The van der Waals surface area contributed by atoms with Crippen molar-refractivity contribution >= 4 is 42.4 Å². The molecule has 2 heterocycles. The minimum Gasteiger partial charge on any atom is -0.361 e. The number of rotatable bonds is 9. The van der Waals surface area contributed by atoms with E-state index in [1.54, 1.807) is 0 Å². The molecule has 0 spiro atoms. The lowest BCUT2D eigenvalue weighted by atomic mass is 9.72. The third-order valence-electron chi connectivity index (χ3n) is 6.69. The molecule has 1 aliphatic heterocycles. The van der Waals surface area contributed by atoms with Gasteiger partial charge in [0.15, 0.2) is 5.52 Å². The van der Waals surface area contributed by atoms with Gasteiger partial charge < -0.3 is 10.3 Å². The van der Waals surface area contributed by atoms with Gasteiger partial charge in [-0.2, -0.15) is 0 Å². The van der Waals surface area contributed by atoms with Gasteiger partial charge in [-0.15, -0.1) is 12.2 Å². The molecule has 2 aliphatic rings. The SMILES string of the molecule is CCCN1C[C@H](CNC(=O)CCCC(=O)PS)C[C@@H]2c3cccc4[nH]cc(c34)C[C@H]21. The Balaban J connectivity index is 1.42. The third kappa shape index (κ3) is 4.61. The fourth-order valence-electron chi connectivity index (χ4n) is 5.40. The molecule has 1 aromatic heterocycles. The van der Waals surface area contributed by atoms with Crippen molar-refractivity contribution in [1.29, 1.82) is 0 Å². The van der Waals surface area contributed by atoms with E-state index in [-0.39, 0.29) is 19.2 Å². The summed E-state index contributed by atoms with van der Waals surface area (Å²) in [5, 5.41) is 4.57. The van der Waals surface area contributed by atoms with Gasteiger partial charge in [-0.1, -0.05) is 19.1 Å². The summed E-state index contributed by atoms with van der Waals surface area (Å²) in [6.07, 6.45) is 7.07. The average Bonchev–Trinajstić information content (AvgIpc) is 3.17. The minimum atomic E-state index is 0.0328. The Kier molecular flexibility index (Phi) is 7.17. The molecule has 162 valence electrons. The summed E-state index contributed by atoms with van der Waals surface area (Å²) in [5.74, 6) is 1.04. The van der Waals surface area contributed by atoms with Crippen molar-refractivity contribution in [2.45, 2.75) is 57.4 Å². The number of carbonyl (C=O) groups is 2. The van der Waals surface area contributed by atoms with E-state index >= 15 is 0 Å². The van der Waals surface area contributed by atoms with Crippen LogP contribution in [-0.2, 0) is 16.0 Å². The first-order valence-electron chi connectivity index (χ1n) is 11.1. The Labute approximate surface area is 185 Å². The first kappa shape index (κ1) is 21.9. The molecular weight excluding hydrogens is 413 g/mol. The van der Waals surface area contributed by atoms with Crippen molar-refractivity contribution in [3.63, 3.8) is 0 Å². The molecule has 0 saturated carbocycles. The molecule has 7 heteroatoms. The smallest absolute Gasteiger partial charge is 0.220 e. The minimum absolute atomic E-state index is 0.0328. The van der Waals surface area contributed by atoms with E-state index < -0.39 is 0 Å². The van der Waals surface area contributed by atoms with E-state index in [4.69, 9.17) is 0 Å². The lowest BCUT2D eigenvalue weighted by Crippen LogP contribution is -2.52. The summed E-state index contributed by atoms with van der Waals surface area (Å²) in [6.45, 7) is 5.12. The Bertz CT molecular complexity index is 915. The van der Waals surface area contributed by atoms with Gasteiger partial charge in [0.1, 0.15) is 0 Å².